The maximum atomic E-state index is 11.6. The van der Waals surface area contributed by atoms with Crippen LogP contribution in [0.3, 0.4) is 0 Å². The summed E-state index contributed by atoms with van der Waals surface area (Å²) < 4.78 is 5.17. The Labute approximate surface area is 90.2 Å². The Morgan fingerprint density at radius 1 is 1.53 bits per heavy atom. The molecule has 3 nitrogen and oxygen atoms in total. The van der Waals surface area contributed by atoms with Crippen LogP contribution in [0.4, 0.5) is 0 Å². The van der Waals surface area contributed by atoms with E-state index in [1.54, 1.807) is 0 Å². The third-order valence-electron chi connectivity index (χ3n) is 3.48. The molecule has 84 valence electrons. The van der Waals surface area contributed by atoms with Crippen LogP contribution >= 0.6 is 0 Å². The lowest BCUT2D eigenvalue weighted by atomic mass is 10.1. The van der Waals surface area contributed by atoms with Gasteiger partial charge in [-0.05, 0) is 24.7 Å². The minimum Gasteiger partial charge on any atom is -0.465 e. The van der Waals surface area contributed by atoms with Crippen molar-refractivity contribution >= 4 is 11.8 Å². The second kappa shape index (κ2) is 3.95. The molecule has 2 aliphatic rings. The molecule has 0 aliphatic heterocycles. The molecular weight excluding hydrogens is 192 g/mol. The predicted molar refractivity (Wildman–Crippen MR) is 55.1 cm³/mol. The monoisotopic (exact) mass is 210 g/mol. The molecule has 2 rings (SSSR count). The van der Waals surface area contributed by atoms with Gasteiger partial charge in [0.15, 0.2) is 0 Å². The molecule has 2 aliphatic carbocycles. The molecular formula is C12H18O3. The van der Waals surface area contributed by atoms with Crippen LogP contribution in [-0.2, 0) is 14.3 Å². The summed E-state index contributed by atoms with van der Waals surface area (Å²) in [6, 6.07) is 0. The Bertz CT molecular complexity index is 283. The van der Waals surface area contributed by atoms with Crippen molar-refractivity contribution in [2.24, 2.45) is 23.7 Å². The quantitative estimate of drug-likeness (QED) is 0.664. The number of ketones is 1. The van der Waals surface area contributed by atoms with E-state index in [4.69, 9.17) is 4.74 Å². The van der Waals surface area contributed by atoms with Crippen molar-refractivity contribution in [1.82, 2.24) is 0 Å². The van der Waals surface area contributed by atoms with Gasteiger partial charge >= 0.3 is 5.97 Å². The molecule has 0 spiro atoms. The van der Waals surface area contributed by atoms with Gasteiger partial charge in [-0.1, -0.05) is 13.8 Å². The summed E-state index contributed by atoms with van der Waals surface area (Å²) in [5.41, 5.74) is 0. The van der Waals surface area contributed by atoms with Gasteiger partial charge in [-0.2, -0.15) is 0 Å². The van der Waals surface area contributed by atoms with Crippen molar-refractivity contribution in [3.05, 3.63) is 0 Å². The summed E-state index contributed by atoms with van der Waals surface area (Å²) in [6.07, 6.45) is 2.47. The molecule has 0 aromatic rings. The van der Waals surface area contributed by atoms with Crippen molar-refractivity contribution in [3.8, 4) is 0 Å². The number of carbonyl (C=O) groups excluding carboxylic acids is 2. The van der Waals surface area contributed by atoms with Gasteiger partial charge in [0.1, 0.15) is 5.78 Å². The highest BCUT2D eigenvalue weighted by Crippen LogP contribution is 2.55. The van der Waals surface area contributed by atoms with Crippen molar-refractivity contribution in [3.63, 3.8) is 0 Å². The smallest absolute Gasteiger partial charge is 0.309 e. The SMILES string of the molecule is CC(C)CCOC(=O)[C@@H]1C2CCC(=O)[C@H]21. The summed E-state index contributed by atoms with van der Waals surface area (Å²) in [4.78, 5) is 22.9. The van der Waals surface area contributed by atoms with Crippen LogP contribution in [0.2, 0.25) is 0 Å². The zero-order valence-corrected chi connectivity index (χ0v) is 9.36. The number of carbonyl (C=O) groups is 2. The lowest BCUT2D eigenvalue weighted by molar-refractivity contribution is -0.147. The van der Waals surface area contributed by atoms with Crippen molar-refractivity contribution in [2.45, 2.75) is 33.1 Å². The molecule has 2 fully saturated rings. The number of hydrogen-bond donors (Lipinski definition) is 0. The van der Waals surface area contributed by atoms with Crippen LogP contribution in [0.25, 0.3) is 0 Å². The standard InChI is InChI=1S/C12H18O3/c1-7(2)5-6-15-12(14)11-8-3-4-9(13)10(8)11/h7-8,10-11H,3-6H2,1-2H3/t8?,10-,11+/m0/s1. The number of Topliss-reactive ketones (excluding diaryl/α,β-unsaturated/α-hetero) is 1. The first-order valence-corrected chi connectivity index (χ1v) is 5.80. The van der Waals surface area contributed by atoms with E-state index in [1.807, 2.05) is 0 Å². The van der Waals surface area contributed by atoms with Gasteiger partial charge in [-0.3, -0.25) is 9.59 Å². The van der Waals surface area contributed by atoms with Crippen LogP contribution in [0.1, 0.15) is 33.1 Å². The Morgan fingerprint density at radius 2 is 2.27 bits per heavy atom. The average molecular weight is 210 g/mol. The average Bonchev–Trinajstić information content (AvgIpc) is 2.77. The van der Waals surface area contributed by atoms with E-state index in [2.05, 4.69) is 13.8 Å². The maximum absolute atomic E-state index is 11.6. The van der Waals surface area contributed by atoms with Crippen molar-refractivity contribution in [2.75, 3.05) is 6.61 Å². The van der Waals surface area contributed by atoms with Gasteiger partial charge in [0.2, 0.25) is 0 Å². The number of esters is 1. The summed E-state index contributed by atoms with van der Waals surface area (Å²) in [7, 11) is 0. The van der Waals surface area contributed by atoms with Crippen LogP contribution in [0, 0.1) is 23.7 Å². The van der Waals surface area contributed by atoms with E-state index in [0.717, 1.165) is 12.8 Å². The number of hydrogen-bond acceptors (Lipinski definition) is 3. The predicted octanol–water partition coefficient (Wildman–Crippen LogP) is 1.80. The molecule has 0 aromatic carbocycles. The number of ether oxygens (including phenoxy) is 1. The largest absolute Gasteiger partial charge is 0.465 e. The van der Waals surface area contributed by atoms with E-state index in [1.165, 1.54) is 0 Å². The van der Waals surface area contributed by atoms with Crippen LogP contribution in [-0.4, -0.2) is 18.4 Å². The first-order chi connectivity index (χ1) is 7.11. The minimum absolute atomic E-state index is 0.0246. The van der Waals surface area contributed by atoms with Crippen LogP contribution < -0.4 is 0 Å². The van der Waals surface area contributed by atoms with E-state index in [-0.39, 0.29) is 23.6 Å². The van der Waals surface area contributed by atoms with Crippen LogP contribution in [0.15, 0.2) is 0 Å². The first-order valence-electron chi connectivity index (χ1n) is 5.80. The second-order valence-electron chi connectivity index (χ2n) is 5.07. The molecule has 2 saturated carbocycles. The molecule has 3 atom stereocenters. The first kappa shape index (κ1) is 10.7. The lowest BCUT2D eigenvalue weighted by Gasteiger charge is -2.07. The van der Waals surface area contributed by atoms with E-state index in [9.17, 15) is 9.59 Å². The highest BCUT2D eigenvalue weighted by molar-refractivity contribution is 5.94. The molecule has 3 heteroatoms. The Morgan fingerprint density at radius 3 is 2.80 bits per heavy atom. The minimum atomic E-state index is -0.140. The van der Waals surface area contributed by atoms with Gasteiger partial charge < -0.3 is 4.74 Å². The highest BCUT2D eigenvalue weighted by Gasteiger charge is 2.62. The maximum Gasteiger partial charge on any atom is 0.309 e. The van der Waals surface area contributed by atoms with Gasteiger partial charge in [0.25, 0.3) is 0 Å². The summed E-state index contributed by atoms with van der Waals surface area (Å²) in [5.74, 6) is 0.946. The van der Waals surface area contributed by atoms with Gasteiger partial charge in [-0.25, -0.2) is 0 Å². The summed E-state index contributed by atoms with van der Waals surface area (Å²) in [5, 5.41) is 0. The van der Waals surface area contributed by atoms with Gasteiger partial charge in [-0.15, -0.1) is 0 Å². The van der Waals surface area contributed by atoms with Crippen molar-refractivity contribution in [1.29, 1.82) is 0 Å². The topological polar surface area (TPSA) is 43.4 Å². The molecule has 1 unspecified atom stereocenters. The molecule has 15 heavy (non-hydrogen) atoms. The molecule has 0 radical (unpaired) electrons. The Kier molecular flexibility index (Phi) is 2.81. The lowest BCUT2D eigenvalue weighted by Crippen LogP contribution is -2.14. The fourth-order valence-electron chi connectivity index (χ4n) is 2.46. The second-order valence-corrected chi connectivity index (χ2v) is 5.07. The third kappa shape index (κ3) is 2.06. The van der Waals surface area contributed by atoms with Gasteiger partial charge in [0, 0.05) is 12.3 Å². The zero-order chi connectivity index (χ0) is 11.0. The highest BCUT2D eigenvalue weighted by atomic mass is 16.5. The Balaban J connectivity index is 1.73. The molecule has 0 amide bonds. The van der Waals surface area contributed by atoms with E-state index in [0.29, 0.717) is 24.9 Å². The van der Waals surface area contributed by atoms with E-state index < -0.39 is 0 Å². The Hall–Kier alpha value is -0.860. The van der Waals surface area contributed by atoms with E-state index >= 15 is 0 Å². The fourth-order valence-corrected chi connectivity index (χ4v) is 2.46. The van der Waals surface area contributed by atoms with Gasteiger partial charge in [0.05, 0.1) is 12.5 Å². The molecule has 0 bridgehead atoms. The zero-order valence-electron chi connectivity index (χ0n) is 9.36. The normalized spacial score (nSPS) is 33.0. The van der Waals surface area contributed by atoms with Crippen LogP contribution in [0.5, 0.6) is 0 Å². The third-order valence-corrected chi connectivity index (χ3v) is 3.48. The molecule has 0 N–H and O–H groups in total. The molecule has 0 heterocycles. The van der Waals surface area contributed by atoms with Crippen molar-refractivity contribution < 1.29 is 14.3 Å². The molecule has 0 aromatic heterocycles. The molecule has 0 saturated heterocycles. The summed E-state index contributed by atoms with van der Waals surface area (Å²) in [6.45, 7) is 4.70. The fraction of sp³-hybridized carbons (Fsp3) is 0.833. The number of rotatable bonds is 4. The number of fused-ring (bicyclic) bond motifs is 1. The summed E-state index contributed by atoms with van der Waals surface area (Å²) >= 11 is 0.